The quantitative estimate of drug-likeness (QED) is 0.462. The van der Waals surface area contributed by atoms with Crippen molar-refractivity contribution in [3.8, 4) is 0 Å². The highest BCUT2D eigenvalue weighted by Gasteiger charge is 2.38. The van der Waals surface area contributed by atoms with Crippen molar-refractivity contribution in [1.82, 2.24) is 4.98 Å². The standard InChI is InChI=1S/C24H21Cl2N3O2/c1-15-14-21(29(16(2)30)17-8-4-3-5-9-17)18-10-6-7-11-20(18)28(15)24(31)19-12-13-22(25)27-23(19)26/h3-13,15,21H,14H2,1-2H3. The van der Waals surface area contributed by atoms with E-state index in [9.17, 15) is 9.59 Å². The molecule has 2 atom stereocenters. The minimum atomic E-state index is -0.248. The number of carbonyl (C=O) groups excluding carboxylic acids is 2. The maximum absolute atomic E-state index is 13.5. The normalized spacial score (nSPS) is 17.7. The number of fused-ring (bicyclic) bond motifs is 1. The van der Waals surface area contributed by atoms with Crippen molar-refractivity contribution >= 4 is 46.4 Å². The molecule has 2 aromatic carbocycles. The van der Waals surface area contributed by atoms with Gasteiger partial charge in [-0.2, -0.15) is 0 Å². The van der Waals surface area contributed by atoms with Gasteiger partial charge in [0.05, 0.1) is 11.6 Å². The Morgan fingerprint density at radius 1 is 1.00 bits per heavy atom. The Hall–Kier alpha value is -2.89. The van der Waals surface area contributed by atoms with Gasteiger partial charge in [0, 0.05) is 24.3 Å². The van der Waals surface area contributed by atoms with Crippen LogP contribution in [0.3, 0.4) is 0 Å². The van der Waals surface area contributed by atoms with Gasteiger partial charge in [0.2, 0.25) is 5.91 Å². The average molecular weight is 454 g/mol. The number of hydrogen-bond donors (Lipinski definition) is 0. The molecular formula is C24H21Cl2N3O2. The lowest BCUT2D eigenvalue weighted by Gasteiger charge is -2.43. The van der Waals surface area contributed by atoms with Gasteiger partial charge in [-0.25, -0.2) is 4.98 Å². The Morgan fingerprint density at radius 3 is 2.35 bits per heavy atom. The number of nitrogens with zero attached hydrogens (tertiary/aromatic N) is 3. The van der Waals surface area contributed by atoms with E-state index < -0.39 is 0 Å². The van der Waals surface area contributed by atoms with Crippen LogP contribution in [-0.2, 0) is 4.79 Å². The van der Waals surface area contributed by atoms with Crippen LogP contribution in [0.2, 0.25) is 10.3 Å². The summed E-state index contributed by atoms with van der Waals surface area (Å²) in [6.07, 6.45) is 0.579. The molecule has 4 rings (SSSR count). The fourth-order valence-corrected chi connectivity index (χ4v) is 4.63. The average Bonchev–Trinajstić information content (AvgIpc) is 2.74. The third-order valence-corrected chi connectivity index (χ3v) is 6.01. The van der Waals surface area contributed by atoms with Gasteiger partial charge < -0.3 is 9.80 Å². The first kappa shape index (κ1) is 21.3. The van der Waals surface area contributed by atoms with Crippen LogP contribution in [0.5, 0.6) is 0 Å². The number of pyridine rings is 1. The third-order valence-electron chi connectivity index (χ3n) is 5.51. The molecule has 3 aromatic rings. The van der Waals surface area contributed by atoms with Crippen molar-refractivity contribution in [3.05, 3.63) is 88.2 Å². The summed E-state index contributed by atoms with van der Waals surface area (Å²) in [6, 6.07) is 20.0. The second-order valence-electron chi connectivity index (χ2n) is 7.53. The Labute approximate surface area is 191 Å². The van der Waals surface area contributed by atoms with Gasteiger partial charge in [0.15, 0.2) is 0 Å². The van der Waals surface area contributed by atoms with Crippen LogP contribution in [0, 0.1) is 0 Å². The zero-order valence-electron chi connectivity index (χ0n) is 17.1. The molecule has 7 heteroatoms. The van der Waals surface area contributed by atoms with Gasteiger partial charge in [-0.1, -0.05) is 59.6 Å². The second-order valence-corrected chi connectivity index (χ2v) is 8.28. The lowest BCUT2D eigenvalue weighted by molar-refractivity contribution is -0.117. The highest BCUT2D eigenvalue weighted by Crippen LogP contribution is 2.43. The minimum Gasteiger partial charge on any atom is -0.305 e. The molecule has 0 saturated carbocycles. The smallest absolute Gasteiger partial charge is 0.261 e. The van der Waals surface area contributed by atoms with E-state index in [1.54, 1.807) is 28.9 Å². The molecule has 0 N–H and O–H groups in total. The van der Waals surface area contributed by atoms with E-state index in [-0.39, 0.29) is 39.8 Å². The van der Waals surface area contributed by atoms with Crippen molar-refractivity contribution in [3.63, 3.8) is 0 Å². The molecule has 0 saturated heterocycles. The lowest BCUT2D eigenvalue weighted by atomic mass is 9.89. The summed E-state index contributed by atoms with van der Waals surface area (Å²) >= 11 is 12.1. The molecule has 0 fully saturated rings. The predicted octanol–water partition coefficient (Wildman–Crippen LogP) is 5.92. The number of para-hydroxylation sites is 2. The highest BCUT2D eigenvalue weighted by molar-refractivity contribution is 6.35. The zero-order chi connectivity index (χ0) is 22.1. The van der Waals surface area contributed by atoms with Gasteiger partial charge in [-0.3, -0.25) is 9.59 Å². The van der Waals surface area contributed by atoms with E-state index >= 15 is 0 Å². The number of rotatable bonds is 3. The summed E-state index contributed by atoms with van der Waals surface area (Å²) in [4.78, 5) is 33.7. The largest absolute Gasteiger partial charge is 0.305 e. The van der Waals surface area contributed by atoms with Crippen molar-refractivity contribution in [2.45, 2.75) is 32.4 Å². The fraction of sp³-hybridized carbons (Fsp3) is 0.208. The Bertz CT molecular complexity index is 1140. The van der Waals surface area contributed by atoms with Crippen molar-refractivity contribution in [1.29, 1.82) is 0 Å². The van der Waals surface area contributed by atoms with Crippen LogP contribution in [0.1, 0.15) is 42.2 Å². The molecule has 0 aliphatic carbocycles. The maximum atomic E-state index is 13.5. The van der Waals surface area contributed by atoms with Crippen molar-refractivity contribution < 1.29 is 9.59 Å². The molecule has 0 bridgehead atoms. The van der Waals surface area contributed by atoms with Crippen LogP contribution >= 0.6 is 23.2 Å². The van der Waals surface area contributed by atoms with Gasteiger partial charge in [-0.15, -0.1) is 0 Å². The Balaban J connectivity index is 1.79. The summed E-state index contributed by atoms with van der Waals surface area (Å²) in [5.41, 5.74) is 2.78. The monoisotopic (exact) mass is 453 g/mol. The number of hydrogen-bond acceptors (Lipinski definition) is 3. The van der Waals surface area contributed by atoms with Crippen molar-refractivity contribution in [2.75, 3.05) is 9.80 Å². The van der Waals surface area contributed by atoms with Gasteiger partial charge in [-0.05, 0) is 49.2 Å². The van der Waals surface area contributed by atoms with E-state index in [2.05, 4.69) is 4.98 Å². The lowest BCUT2D eigenvalue weighted by Crippen LogP contribution is -2.47. The van der Waals surface area contributed by atoms with Crippen LogP contribution < -0.4 is 9.80 Å². The van der Waals surface area contributed by atoms with Crippen LogP contribution in [0.4, 0.5) is 11.4 Å². The number of carbonyl (C=O) groups is 2. The topological polar surface area (TPSA) is 53.5 Å². The molecule has 2 unspecified atom stereocenters. The highest BCUT2D eigenvalue weighted by atomic mass is 35.5. The molecule has 2 heterocycles. The minimum absolute atomic E-state index is 0.0528. The van der Waals surface area contributed by atoms with Crippen LogP contribution in [-0.4, -0.2) is 22.8 Å². The number of benzene rings is 2. The number of aromatic nitrogens is 1. The first-order valence-corrected chi connectivity index (χ1v) is 10.7. The zero-order valence-corrected chi connectivity index (χ0v) is 18.6. The van der Waals surface area contributed by atoms with Gasteiger partial charge >= 0.3 is 0 Å². The SMILES string of the molecule is CC(=O)N(c1ccccc1)C1CC(C)N(C(=O)c2ccc(Cl)nc2Cl)c2ccccc21. The Kier molecular flexibility index (Phi) is 5.99. The summed E-state index contributed by atoms with van der Waals surface area (Å²) < 4.78 is 0. The van der Waals surface area contributed by atoms with Crippen LogP contribution in [0.15, 0.2) is 66.7 Å². The number of anilines is 2. The fourth-order valence-electron chi connectivity index (χ4n) is 4.21. The number of halogens is 2. The second kappa shape index (κ2) is 8.69. The van der Waals surface area contributed by atoms with Gasteiger partial charge in [0.25, 0.3) is 5.91 Å². The number of amides is 2. The molecule has 1 aliphatic heterocycles. The first-order valence-electron chi connectivity index (χ1n) is 9.98. The van der Waals surface area contributed by atoms with Gasteiger partial charge in [0.1, 0.15) is 10.3 Å². The molecule has 5 nitrogen and oxygen atoms in total. The Morgan fingerprint density at radius 2 is 1.68 bits per heavy atom. The maximum Gasteiger partial charge on any atom is 0.261 e. The van der Waals surface area contributed by atoms with Crippen LogP contribution in [0.25, 0.3) is 0 Å². The molecule has 1 aliphatic rings. The summed E-state index contributed by atoms with van der Waals surface area (Å²) in [5.74, 6) is -0.301. The van der Waals surface area contributed by atoms with E-state index in [1.807, 2.05) is 61.5 Å². The van der Waals surface area contributed by atoms with E-state index in [4.69, 9.17) is 23.2 Å². The van der Waals surface area contributed by atoms with E-state index in [0.717, 1.165) is 16.9 Å². The van der Waals surface area contributed by atoms with E-state index in [0.29, 0.717) is 6.42 Å². The molecule has 0 spiro atoms. The van der Waals surface area contributed by atoms with E-state index in [1.165, 1.54) is 0 Å². The summed E-state index contributed by atoms with van der Waals surface area (Å²) in [6.45, 7) is 3.54. The first-order chi connectivity index (χ1) is 14.9. The molecule has 31 heavy (non-hydrogen) atoms. The molecule has 0 radical (unpaired) electrons. The molecule has 2 amide bonds. The third kappa shape index (κ3) is 4.03. The molecule has 1 aromatic heterocycles. The predicted molar refractivity (Wildman–Crippen MR) is 124 cm³/mol. The molecule has 158 valence electrons. The summed E-state index contributed by atoms with van der Waals surface area (Å²) in [5, 5.41) is 0.299. The van der Waals surface area contributed by atoms with Crippen molar-refractivity contribution in [2.24, 2.45) is 0 Å². The summed E-state index contributed by atoms with van der Waals surface area (Å²) in [7, 11) is 0. The molecular weight excluding hydrogens is 433 g/mol.